The summed E-state index contributed by atoms with van der Waals surface area (Å²) in [5.41, 5.74) is 1.71. The number of hydrazine groups is 1. The number of halogens is 5. The Morgan fingerprint density at radius 3 is 2.29 bits per heavy atom. The number of aromatic hydroxyl groups is 1. The number of benzene rings is 3. The summed E-state index contributed by atoms with van der Waals surface area (Å²) in [5.74, 6) is -7.98. The number of ether oxygens (including phenoxy) is 2. The number of carbonyl (C=O) groups is 4. The molecule has 0 bridgehead atoms. The van der Waals surface area contributed by atoms with Crippen molar-refractivity contribution in [2.75, 3.05) is 19.1 Å². The molecule has 4 amide bonds. The zero-order chi connectivity index (χ0) is 36.6. The summed E-state index contributed by atoms with van der Waals surface area (Å²) in [6.07, 6.45) is -3.33. The van der Waals surface area contributed by atoms with Gasteiger partial charge in [0.05, 0.1) is 41.0 Å². The van der Waals surface area contributed by atoms with E-state index in [1.165, 1.54) is 30.2 Å². The smallest absolute Gasteiger partial charge is 0.508 e. The van der Waals surface area contributed by atoms with Gasteiger partial charge in [0.25, 0.3) is 11.8 Å². The van der Waals surface area contributed by atoms with Gasteiger partial charge in [-0.2, -0.15) is 5.01 Å². The molecule has 4 aliphatic rings. The van der Waals surface area contributed by atoms with E-state index in [1.54, 1.807) is 37.3 Å². The van der Waals surface area contributed by atoms with Crippen molar-refractivity contribution in [3.8, 4) is 17.2 Å². The number of rotatable bonds is 7. The zero-order valence-corrected chi connectivity index (χ0v) is 28.6. The Morgan fingerprint density at radius 2 is 1.65 bits per heavy atom. The van der Waals surface area contributed by atoms with E-state index in [1.807, 2.05) is 0 Å². The van der Waals surface area contributed by atoms with Crippen LogP contribution < -0.4 is 14.9 Å². The van der Waals surface area contributed by atoms with Crippen LogP contribution in [-0.2, 0) is 24.6 Å². The van der Waals surface area contributed by atoms with Gasteiger partial charge < -0.3 is 14.6 Å². The number of carbonyl (C=O) groups excluding carboxylic acids is 4. The van der Waals surface area contributed by atoms with E-state index >= 15 is 4.79 Å². The average Bonchev–Trinajstić information content (AvgIpc) is 3.46. The molecule has 0 spiro atoms. The molecule has 0 radical (unpaired) electrons. The Bertz CT molecular complexity index is 2010. The summed E-state index contributed by atoms with van der Waals surface area (Å²) < 4.78 is 50.2. The fourth-order valence-electron chi connectivity index (χ4n) is 8.53. The van der Waals surface area contributed by atoms with Crippen LogP contribution in [0.3, 0.4) is 0 Å². The molecule has 2 N–H and O–H groups in total. The average molecular weight is 745 g/mol. The molecular weight excluding hydrogens is 714 g/mol. The molecule has 0 unspecified atom stereocenters. The van der Waals surface area contributed by atoms with Gasteiger partial charge in [-0.3, -0.25) is 29.5 Å². The summed E-state index contributed by atoms with van der Waals surface area (Å²) >= 11 is 12.5. The van der Waals surface area contributed by atoms with Crippen molar-refractivity contribution in [3.63, 3.8) is 0 Å². The second kappa shape index (κ2) is 12.5. The predicted molar refractivity (Wildman–Crippen MR) is 178 cm³/mol. The van der Waals surface area contributed by atoms with Crippen LogP contribution in [0.5, 0.6) is 17.2 Å². The van der Waals surface area contributed by atoms with E-state index in [4.69, 9.17) is 27.9 Å². The lowest BCUT2D eigenvalue weighted by Gasteiger charge is -2.50. The number of nitrogens with one attached hydrogen (secondary N) is 1. The number of amides is 4. The number of allylic oxidation sites excluding steroid dienone is 2. The molecule has 6 atom stereocenters. The third kappa shape index (κ3) is 5.40. The normalized spacial score (nSPS) is 27.2. The monoisotopic (exact) mass is 743 g/mol. The fraction of sp³-hybridized carbons (Fsp3) is 0.333. The summed E-state index contributed by atoms with van der Waals surface area (Å²) in [4.78, 5) is 58.3. The number of hydrogen-bond donors (Lipinski definition) is 2. The number of alkyl halides is 3. The lowest BCUT2D eigenvalue weighted by Crippen LogP contribution is -2.53. The molecular formula is C36H30Cl2F3N3O7. The zero-order valence-electron chi connectivity index (χ0n) is 27.0. The number of anilines is 1. The van der Waals surface area contributed by atoms with Gasteiger partial charge in [-0.05, 0) is 79.8 Å². The van der Waals surface area contributed by atoms with Gasteiger partial charge in [-0.25, -0.2) is 0 Å². The number of hydrogen-bond acceptors (Lipinski definition) is 8. The molecule has 2 heterocycles. The van der Waals surface area contributed by atoms with E-state index in [-0.39, 0.29) is 41.6 Å². The number of phenolic OH excluding ortho intramolecular Hbond substituents is 1. The molecule has 1 saturated carbocycles. The highest BCUT2D eigenvalue weighted by atomic mass is 35.5. The highest BCUT2D eigenvalue weighted by Gasteiger charge is 2.70. The van der Waals surface area contributed by atoms with Crippen molar-refractivity contribution in [1.29, 1.82) is 0 Å². The highest BCUT2D eigenvalue weighted by Crippen LogP contribution is 2.65. The van der Waals surface area contributed by atoms with Crippen molar-refractivity contribution in [2.45, 2.75) is 37.5 Å². The summed E-state index contributed by atoms with van der Waals surface area (Å²) in [5, 5.41) is 12.7. The largest absolute Gasteiger partial charge is 0.573 e. The molecule has 2 saturated heterocycles. The van der Waals surface area contributed by atoms with Gasteiger partial charge in [0, 0.05) is 23.0 Å². The van der Waals surface area contributed by atoms with Gasteiger partial charge in [0.1, 0.15) is 17.2 Å². The topological polar surface area (TPSA) is 125 Å². The van der Waals surface area contributed by atoms with E-state index in [9.17, 15) is 32.7 Å². The molecule has 3 aromatic rings. The minimum absolute atomic E-state index is 0.0668. The van der Waals surface area contributed by atoms with E-state index < -0.39 is 70.6 Å². The van der Waals surface area contributed by atoms with Crippen LogP contribution in [0.25, 0.3) is 0 Å². The molecule has 2 aliphatic carbocycles. The van der Waals surface area contributed by atoms with Crippen molar-refractivity contribution in [3.05, 3.63) is 93.5 Å². The number of nitrogens with zero attached hydrogens (tertiary/aromatic N) is 2. The first-order valence-corrected chi connectivity index (χ1v) is 16.8. The quantitative estimate of drug-likeness (QED) is 0.205. The lowest BCUT2D eigenvalue weighted by atomic mass is 9.49. The highest BCUT2D eigenvalue weighted by molar-refractivity contribution is 6.36. The van der Waals surface area contributed by atoms with Crippen LogP contribution in [0.15, 0.2) is 72.3 Å². The molecule has 51 heavy (non-hydrogen) atoms. The number of phenols is 1. The van der Waals surface area contributed by atoms with E-state index in [2.05, 4.69) is 10.2 Å². The number of methoxy groups -OCH3 is 1. The third-order valence-corrected chi connectivity index (χ3v) is 11.1. The first-order chi connectivity index (χ1) is 24.2. The van der Waals surface area contributed by atoms with Crippen LogP contribution >= 0.6 is 23.2 Å². The SMILES string of the molecule is CCN1C(=O)[C@H]2[C@H](CC=C3[C@H]2C[C@H]2C(=O)N(Nc4ccc(Cl)cc4Cl)C(=O)[C@@]2(c2ccc(OC)cc2)[C@H]3c2cc(OC(F)(F)F)ccc2O)C1=O. The van der Waals surface area contributed by atoms with E-state index in [0.717, 1.165) is 23.2 Å². The molecule has 0 aromatic heterocycles. The number of fused-ring (bicyclic) bond motifs is 4. The minimum Gasteiger partial charge on any atom is -0.508 e. The Labute approximate surface area is 299 Å². The summed E-state index contributed by atoms with van der Waals surface area (Å²) in [6.45, 7) is 1.80. The van der Waals surface area contributed by atoms with Gasteiger partial charge in [0.15, 0.2) is 0 Å². The molecule has 266 valence electrons. The lowest BCUT2D eigenvalue weighted by molar-refractivity contribution is -0.274. The number of likely N-dealkylation sites (tertiary alicyclic amines) is 1. The Hall–Kier alpha value is -4.75. The van der Waals surface area contributed by atoms with Crippen LogP contribution in [0.4, 0.5) is 18.9 Å². The number of imide groups is 2. The van der Waals surface area contributed by atoms with Gasteiger partial charge in [-0.1, -0.05) is 47.0 Å². The first-order valence-electron chi connectivity index (χ1n) is 16.1. The van der Waals surface area contributed by atoms with Crippen molar-refractivity contribution in [2.24, 2.45) is 23.7 Å². The maximum Gasteiger partial charge on any atom is 0.573 e. The molecule has 7 rings (SSSR count). The second-order valence-electron chi connectivity index (χ2n) is 12.9. The molecule has 3 aromatic carbocycles. The fourth-order valence-corrected chi connectivity index (χ4v) is 8.98. The summed E-state index contributed by atoms with van der Waals surface area (Å²) in [6, 6.07) is 13.7. The van der Waals surface area contributed by atoms with Gasteiger partial charge in [0.2, 0.25) is 11.8 Å². The van der Waals surface area contributed by atoms with Crippen LogP contribution in [0.1, 0.15) is 36.8 Å². The third-order valence-electron chi connectivity index (χ3n) is 10.5. The first kappa shape index (κ1) is 34.7. The second-order valence-corrected chi connectivity index (χ2v) is 13.7. The Balaban J connectivity index is 1.49. The summed E-state index contributed by atoms with van der Waals surface area (Å²) in [7, 11) is 1.45. The van der Waals surface area contributed by atoms with Gasteiger partial charge >= 0.3 is 6.36 Å². The maximum absolute atomic E-state index is 15.2. The maximum atomic E-state index is 15.2. The molecule has 3 fully saturated rings. The van der Waals surface area contributed by atoms with Crippen LogP contribution in [-0.4, -0.2) is 58.7 Å². The van der Waals surface area contributed by atoms with Crippen molar-refractivity contribution in [1.82, 2.24) is 9.91 Å². The molecule has 15 heteroatoms. The molecule has 2 aliphatic heterocycles. The predicted octanol–water partition coefficient (Wildman–Crippen LogP) is 6.61. The van der Waals surface area contributed by atoms with E-state index in [0.29, 0.717) is 21.9 Å². The van der Waals surface area contributed by atoms with Gasteiger partial charge in [-0.15, -0.1) is 13.2 Å². The Kier molecular flexibility index (Phi) is 8.49. The molecule has 10 nitrogen and oxygen atoms in total. The van der Waals surface area contributed by atoms with Crippen LogP contribution in [0.2, 0.25) is 10.0 Å². The van der Waals surface area contributed by atoms with Crippen molar-refractivity contribution >= 4 is 52.5 Å². The van der Waals surface area contributed by atoms with Crippen LogP contribution in [0, 0.1) is 23.7 Å². The minimum atomic E-state index is -5.09. The van der Waals surface area contributed by atoms with Crippen molar-refractivity contribution < 1.29 is 46.9 Å². The standard InChI is InChI=1S/C36H30Cl2F3N3O7/c1-3-43-31(46)22-11-10-21-23(29(22)33(43)48)16-25-32(47)44(42-27-12-6-18(37)14-26(27)38)34(49)35(25,17-4-7-19(50-2)8-5-17)30(21)24-15-20(9-13-28(24)45)51-36(39,40)41/h4-10,12-15,22-23,25,29-30,42,45H,3,11,16H2,1-2H3/t22-,23+,25-,29-,30+,35+/m0/s1. The Morgan fingerprint density at radius 1 is 0.941 bits per heavy atom.